The van der Waals surface area contributed by atoms with Crippen LogP contribution in [0.25, 0.3) is 0 Å². The van der Waals surface area contributed by atoms with Crippen molar-refractivity contribution in [2.75, 3.05) is 119 Å². The fourth-order valence-electron chi connectivity index (χ4n) is 2.95. The molecule has 0 aromatic rings. The Morgan fingerprint density at radius 2 is 0.757 bits per heavy atom. The third kappa shape index (κ3) is 18.5. The predicted molar refractivity (Wildman–Crippen MR) is 127 cm³/mol. The highest BCUT2D eigenvalue weighted by Crippen LogP contribution is 1.96. The molecule has 0 unspecified atom stereocenters. The molecular formula is C22H40N4O11. The molecule has 1 aliphatic rings. The second kappa shape index (κ2) is 21.7. The molecule has 0 atom stereocenters. The molecule has 1 heterocycles. The number of hydrogen-bond donors (Lipinski definition) is 2. The van der Waals surface area contributed by atoms with E-state index in [2.05, 4.69) is 0 Å². The fraction of sp³-hybridized carbons (Fsp3) is 0.818. The predicted octanol–water partition coefficient (Wildman–Crippen LogP) is -3.26. The molecule has 0 aromatic carbocycles. The molecule has 1 rings (SSSR count). The van der Waals surface area contributed by atoms with E-state index in [4.69, 9.17) is 44.6 Å². The van der Waals surface area contributed by atoms with Crippen molar-refractivity contribution in [3.05, 3.63) is 0 Å². The van der Waals surface area contributed by atoms with Gasteiger partial charge in [-0.2, -0.15) is 0 Å². The molecule has 4 N–H and O–H groups in total. The number of primary amides is 2. The fourth-order valence-corrected chi connectivity index (χ4v) is 2.95. The molecule has 15 nitrogen and oxygen atoms in total. The summed E-state index contributed by atoms with van der Waals surface area (Å²) in [6, 6.07) is 0. The van der Waals surface area contributed by atoms with Crippen molar-refractivity contribution in [2.45, 2.75) is 0 Å². The van der Waals surface area contributed by atoms with E-state index >= 15 is 0 Å². The molecule has 0 bridgehead atoms. The maximum absolute atomic E-state index is 12.4. The van der Waals surface area contributed by atoms with E-state index < -0.39 is 11.8 Å². The molecule has 1 fully saturated rings. The number of carbonyl (C=O) groups excluding carboxylic acids is 4. The van der Waals surface area contributed by atoms with Gasteiger partial charge in [-0.05, 0) is 0 Å². The lowest BCUT2D eigenvalue weighted by atomic mass is 10.4. The van der Waals surface area contributed by atoms with Crippen molar-refractivity contribution in [1.82, 2.24) is 9.80 Å². The average molecular weight is 537 g/mol. The number of nitrogens with zero attached hydrogens (tertiary/aromatic N) is 2. The van der Waals surface area contributed by atoms with Crippen molar-refractivity contribution in [3.63, 3.8) is 0 Å². The highest BCUT2D eigenvalue weighted by atomic mass is 16.5. The Hall–Kier alpha value is -2.40. The highest BCUT2D eigenvalue weighted by molar-refractivity contribution is 5.79. The topological polar surface area (TPSA) is 191 Å². The third-order valence-corrected chi connectivity index (χ3v) is 4.78. The van der Waals surface area contributed by atoms with Crippen LogP contribution in [0.2, 0.25) is 0 Å². The lowest BCUT2D eigenvalue weighted by molar-refractivity contribution is -0.140. The van der Waals surface area contributed by atoms with Gasteiger partial charge in [0.25, 0.3) is 0 Å². The first kappa shape index (κ1) is 32.6. The van der Waals surface area contributed by atoms with Gasteiger partial charge in [-0.15, -0.1) is 0 Å². The van der Waals surface area contributed by atoms with Gasteiger partial charge in [-0.1, -0.05) is 0 Å². The summed E-state index contributed by atoms with van der Waals surface area (Å²) in [5.41, 5.74) is 10.0. The summed E-state index contributed by atoms with van der Waals surface area (Å²) in [6.45, 7) is 3.01. The van der Waals surface area contributed by atoms with Crippen LogP contribution in [0.15, 0.2) is 0 Å². The number of nitrogens with two attached hydrogens (primary N) is 2. The highest BCUT2D eigenvalue weighted by Gasteiger charge is 2.15. The average Bonchev–Trinajstić information content (AvgIpc) is 2.84. The van der Waals surface area contributed by atoms with Crippen molar-refractivity contribution < 1.29 is 52.3 Å². The van der Waals surface area contributed by atoms with E-state index in [1.54, 1.807) is 0 Å². The molecule has 0 spiro atoms. The number of hydrogen-bond acceptors (Lipinski definition) is 11. The van der Waals surface area contributed by atoms with Crippen molar-refractivity contribution >= 4 is 23.6 Å². The van der Waals surface area contributed by atoms with Gasteiger partial charge in [0.15, 0.2) is 0 Å². The van der Waals surface area contributed by atoms with Crippen LogP contribution in [-0.2, 0) is 52.3 Å². The second-order valence-electron chi connectivity index (χ2n) is 7.74. The first-order valence-electron chi connectivity index (χ1n) is 12.1. The Morgan fingerprint density at radius 1 is 0.486 bits per heavy atom. The smallest absolute Gasteiger partial charge is 0.248 e. The van der Waals surface area contributed by atoms with Gasteiger partial charge in [0.1, 0.15) is 26.4 Å². The summed E-state index contributed by atoms with van der Waals surface area (Å²) < 4.78 is 37.6. The van der Waals surface area contributed by atoms with Crippen LogP contribution in [0.1, 0.15) is 0 Å². The van der Waals surface area contributed by atoms with Crippen LogP contribution in [0.4, 0.5) is 0 Å². The third-order valence-electron chi connectivity index (χ3n) is 4.78. The van der Waals surface area contributed by atoms with E-state index in [9.17, 15) is 19.2 Å². The van der Waals surface area contributed by atoms with Gasteiger partial charge < -0.3 is 54.4 Å². The lowest BCUT2D eigenvalue weighted by Gasteiger charge is -2.23. The quantitative estimate of drug-likeness (QED) is 0.316. The molecule has 1 saturated heterocycles. The molecule has 15 heteroatoms. The lowest BCUT2D eigenvalue weighted by Crippen LogP contribution is -2.40. The summed E-state index contributed by atoms with van der Waals surface area (Å²) in [7, 11) is 0. The zero-order chi connectivity index (χ0) is 27.1. The van der Waals surface area contributed by atoms with Gasteiger partial charge in [0.05, 0.1) is 66.1 Å². The monoisotopic (exact) mass is 536 g/mol. The number of ether oxygens (including phenoxy) is 7. The summed E-state index contributed by atoms with van der Waals surface area (Å²) in [5, 5.41) is 0. The largest absolute Gasteiger partial charge is 0.377 e. The van der Waals surface area contributed by atoms with E-state index in [-0.39, 0.29) is 77.9 Å². The Balaban J connectivity index is 2.52. The number of amides is 4. The van der Waals surface area contributed by atoms with Crippen LogP contribution >= 0.6 is 0 Å². The molecule has 37 heavy (non-hydrogen) atoms. The van der Waals surface area contributed by atoms with Crippen molar-refractivity contribution in [1.29, 1.82) is 0 Å². The SMILES string of the molecule is NC(=O)COCC(=O)N1CCOCCOCCOCCN(C(=O)COCC(N)=O)CCOCCOCC1. The molecule has 214 valence electrons. The minimum atomic E-state index is -0.657. The van der Waals surface area contributed by atoms with E-state index in [0.29, 0.717) is 52.6 Å². The molecule has 0 aliphatic carbocycles. The minimum absolute atomic E-state index is 0.257. The number of rotatable bonds is 8. The Bertz CT molecular complexity index is 615. The van der Waals surface area contributed by atoms with Gasteiger partial charge in [0, 0.05) is 26.2 Å². The molecule has 0 aromatic heterocycles. The zero-order valence-corrected chi connectivity index (χ0v) is 21.3. The van der Waals surface area contributed by atoms with Gasteiger partial charge >= 0.3 is 0 Å². The zero-order valence-electron chi connectivity index (χ0n) is 21.3. The normalized spacial score (nSPS) is 18.5. The maximum Gasteiger partial charge on any atom is 0.248 e. The van der Waals surface area contributed by atoms with Crippen LogP contribution in [-0.4, -0.2) is 152 Å². The molecule has 1 aliphatic heterocycles. The Labute approximate surface area is 216 Å². The van der Waals surface area contributed by atoms with E-state index in [1.165, 1.54) is 9.80 Å². The summed E-state index contributed by atoms with van der Waals surface area (Å²) >= 11 is 0. The Morgan fingerprint density at radius 3 is 1.03 bits per heavy atom. The minimum Gasteiger partial charge on any atom is -0.377 e. The maximum atomic E-state index is 12.4. The summed E-state index contributed by atoms with van der Waals surface area (Å²) in [6.07, 6.45) is 0. The van der Waals surface area contributed by atoms with E-state index in [1.807, 2.05) is 0 Å². The molecule has 4 amide bonds. The standard InChI is InChI=1S/C22H40N4O11/c23-19(27)15-36-17-21(29)25-1-5-31-9-10-32-6-2-26(22(30)18-37-16-20(24)28)4-8-34-12-14-35-13-11-33-7-3-25/h1-18H2,(H2,23,27)(H2,24,28). The van der Waals surface area contributed by atoms with Gasteiger partial charge in [-0.3, -0.25) is 19.2 Å². The van der Waals surface area contributed by atoms with Crippen LogP contribution in [0, 0.1) is 0 Å². The van der Waals surface area contributed by atoms with E-state index in [0.717, 1.165) is 0 Å². The summed E-state index contributed by atoms with van der Waals surface area (Å²) in [5.74, 6) is -1.95. The van der Waals surface area contributed by atoms with Crippen molar-refractivity contribution in [2.24, 2.45) is 11.5 Å². The van der Waals surface area contributed by atoms with Crippen molar-refractivity contribution in [3.8, 4) is 0 Å². The molecule has 0 radical (unpaired) electrons. The summed E-state index contributed by atoms with van der Waals surface area (Å²) in [4.78, 5) is 49.5. The van der Waals surface area contributed by atoms with Gasteiger partial charge in [0.2, 0.25) is 23.6 Å². The first-order valence-corrected chi connectivity index (χ1v) is 12.1. The first-order chi connectivity index (χ1) is 17.9. The molecule has 0 saturated carbocycles. The Kier molecular flexibility index (Phi) is 19.1. The van der Waals surface area contributed by atoms with Crippen LogP contribution < -0.4 is 11.5 Å². The molecular weight excluding hydrogens is 496 g/mol. The number of carbonyl (C=O) groups is 4. The second-order valence-corrected chi connectivity index (χ2v) is 7.74. The van der Waals surface area contributed by atoms with Crippen LogP contribution in [0.5, 0.6) is 0 Å². The van der Waals surface area contributed by atoms with Gasteiger partial charge in [-0.25, -0.2) is 0 Å². The van der Waals surface area contributed by atoms with Crippen LogP contribution in [0.3, 0.4) is 0 Å².